The molecule has 0 unspecified atom stereocenters. The molecule has 0 aliphatic heterocycles. The average molecular weight is 455 g/mol. The van der Waals surface area contributed by atoms with Gasteiger partial charge in [0.25, 0.3) is 0 Å². The van der Waals surface area contributed by atoms with E-state index in [1.54, 1.807) is 22.8 Å². The Labute approximate surface area is 189 Å². The van der Waals surface area contributed by atoms with E-state index < -0.39 is 5.60 Å². The van der Waals surface area contributed by atoms with Gasteiger partial charge in [-0.3, -0.25) is 9.78 Å². The number of rotatable bonds is 4. The first-order valence-corrected chi connectivity index (χ1v) is 10.4. The fraction of sp³-hybridized carbons (Fsp3) is 0.217. The summed E-state index contributed by atoms with van der Waals surface area (Å²) in [6.07, 6.45) is 1.72. The lowest BCUT2D eigenvalue weighted by Gasteiger charge is -2.19. The van der Waals surface area contributed by atoms with Gasteiger partial charge in [0.15, 0.2) is 5.65 Å². The highest BCUT2D eigenvalue weighted by atomic mass is 35.5. The lowest BCUT2D eigenvalue weighted by atomic mass is 10.0. The second-order valence-corrected chi connectivity index (χ2v) is 8.86. The van der Waals surface area contributed by atoms with Crippen LogP contribution >= 0.6 is 23.2 Å². The van der Waals surface area contributed by atoms with E-state index in [-0.39, 0.29) is 12.4 Å². The van der Waals surface area contributed by atoms with Crippen LogP contribution in [0.15, 0.2) is 54.7 Å². The van der Waals surface area contributed by atoms with E-state index >= 15 is 0 Å². The number of carbonyl (C=O) groups is 1. The molecule has 6 nitrogen and oxygen atoms in total. The Bertz CT molecular complexity index is 1260. The zero-order chi connectivity index (χ0) is 22.2. The Morgan fingerprint density at radius 3 is 2.48 bits per heavy atom. The third-order valence-corrected chi connectivity index (χ3v) is 4.85. The summed E-state index contributed by atoms with van der Waals surface area (Å²) in [6, 6.07) is 14.6. The molecule has 0 aliphatic carbocycles. The molecule has 0 bridgehead atoms. The van der Waals surface area contributed by atoms with E-state index in [1.165, 1.54) is 0 Å². The molecule has 1 aromatic carbocycles. The zero-order valence-corrected chi connectivity index (χ0v) is 18.8. The number of fused-ring (bicyclic) bond motifs is 1. The number of carbonyl (C=O) groups excluding carboxylic acids is 1. The molecule has 0 fully saturated rings. The molecule has 3 heterocycles. The van der Waals surface area contributed by atoms with Crippen molar-refractivity contribution in [3.05, 3.63) is 70.6 Å². The van der Waals surface area contributed by atoms with Crippen LogP contribution in [0.2, 0.25) is 10.2 Å². The minimum Gasteiger partial charge on any atom is -0.460 e. The molecule has 0 atom stereocenters. The van der Waals surface area contributed by atoms with E-state index in [1.807, 2.05) is 57.2 Å². The Morgan fingerprint density at radius 1 is 1.03 bits per heavy atom. The lowest BCUT2D eigenvalue weighted by molar-refractivity contribution is -0.153. The molecule has 0 aliphatic rings. The van der Waals surface area contributed by atoms with Gasteiger partial charge in [-0.1, -0.05) is 35.3 Å². The number of benzene rings is 1. The summed E-state index contributed by atoms with van der Waals surface area (Å²) in [4.78, 5) is 21.4. The first kappa shape index (κ1) is 21.3. The molecule has 4 aromatic rings. The standard InChI is InChI=1S/C23H20Cl2N4O2/c1-23(2,3)31-20(30)13-17-12-15(10-11-26-17)22-21(14-4-6-16(24)7-5-14)27-19-9-8-18(25)28-29(19)22/h4-12H,13H2,1-3H3. The Morgan fingerprint density at radius 2 is 1.77 bits per heavy atom. The highest BCUT2D eigenvalue weighted by Crippen LogP contribution is 2.33. The Kier molecular flexibility index (Phi) is 5.69. The fourth-order valence-electron chi connectivity index (χ4n) is 3.23. The molecule has 3 aromatic heterocycles. The molecule has 4 rings (SSSR count). The molecule has 0 spiro atoms. The van der Waals surface area contributed by atoms with Crippen molar-refractivity contribution in [1.29, 1.82) is 0 Å². The molecule has 0 saturated carbocycles. The second kappa shape index (κ2) is 8.29. The third kappa shape index (κ3) is 4.86. The number of nitrogens with zero attached hydrogens (tertiary/aromatic N) is 4. The molecular formula is C23H20Cl2N4O2. The highest BCUT2D eigenvalue weighted by molar-refractivity contribution is 6.30. The van der Waals surface area contributed by atoms with Crippen LogP contribution in [0.1, 0.15) is 26.5 Å². The second-order valence-electron chi connectivity index (χ2n) is 8.04. The van der Waals surface area contributed by atoms with Crippen LogP contribution in [0.5, 0.6) is 0 Å². The molecule has 0 amide bonds. The number of imidazole rings is 1. The van der Waals surface area contributed by atoms with Crippen molar-refractivity contribution < 1.29 is 9.53 Å². The van der Waals surface area contributed by atoms with Gasteiger partial charge in [0, 0.05) is 22.3 Å². The first-order valence-electron chi connectivity index (χ1n) is 9.68. The molecular weight excluding hydrogens is 435 g/mol. The maximum Gasteiger partial charge on any atom is 0.312 e. The van der Waals surface area contributed by atoms with Crippen LogP contribution in [0, 0.1) is 0 Å². The van der Waals surface area contributed by atoms with Gasteiger partial charge >= 0.3 is 5.97 Å². The van der Waals surface area contributed by atoms with Gasteiger partial charge < -0.3 is 4.74 Å². The number of ether oxygens (including phenoxy) is 1. The monoisotopic (exact) mass is 454 g/mol. The van der Waals surface area contributed by atoms with Gasteiger partial charge in [0.2, 0.25) is 0 Å². The normalized spacial score (nSPS) is 11.6. The minimum atomic E-state index is -0.557. The summed E-state index contributed by atoms with van der Waals surface area (Å²) in [6.45, 7) is 5.50. The van der Waals surface area contributed by atoms with Gasteiger partial charge in [-0.15, -0.1) is 0 Å². The summed E-state index contributed by atoms with van der Waals surface area (Å²) in [7, 11) is 0. The topological polar surface area (TPSA) is 69.4 Å². The molecule has 0 N–H and O–H groups in total. The fourth-order valence-corrected chi connectivity index (χ4v) is 3.49. The predicted molar refractivity (Wildman–Crippen MR) is 121 cm³/mol. The zero-order valence-electron chi connectivity index (χ0n) is 17.3. The summed E-state index contributed by atoms with van der Waals surface area (Å²) < 4.78 is 7.12. The summed E-state index contributed by atoms with van der Waals surface area (Å²) in [5, 5.41) is 5.42. The maximum atomic E-state index is 12.3. The highest BCUT2D eigenvalue weighted by Gasteiger charge is 2.20. The molecule has 31 heavy (non-hydrogen) atoms. The number of esters is 1. The summed E-state index contributed by atoms with van der Waals surface area (Å²) in [5.41, 5.74) is 3.83. The average Bonchev–Trinajstić information content (AvgIpc) is 3.05. The van der Waals surface area contributed by atoms with Crippen molar-refractivity contribution in [1.82, 2.24) is 19.6 Å². The number of pyridine rings is 1. The van der Waals surface area contributed by atoms with Crippen LogP contribution in [0.3, 0.4) is 0 Å². The Hall–Kier alpha value is -2.96. The SMILES string of the molecule is CC(C)(C)OC(=O)Cc1cc(-c2c(-c3ccc(Cl)cc3)nc3ccc(Cl)nn23)ccn1. The number of hydrogen-bond acceptors (Lipinski definition) is 5. The Balaban J connectivity index is 1.82. The van der Waals surface area contributed by atoms with Gasteiger partial charge in [-0.25, -0.2) is 9.50 Å². The van der Waals surface area contributed by atoms with Crippen molar-refractivity contribution in [2.45, 2.75) is 32.8 Å². The van der Waals surface area contributed by atoms with E-state index in [4.69, 9.17) is 32.9 Å². The predicted octanol–water partition coefficient (Wildman–Crippen LogP) is 5.65. The van der Waals surface area contributed by atoms with Crippen LogP contribution in [0.25, 0.3) is 28.2 Å². The van der Waals surface area contributed by atoms with Crippen molar-refractivity contribution in [2.75, 3.05) is 0 Å². The van der Waals surface area contributed by atoms with Gasteiger partial charge in [-0.05, 0) is 57.2 Å². The molecule has 158 valence electrons. The molecule has 0 radical (unpaired) electrons. The number of aromatic nitrogens is 4. The van der Waals surface area contributed by atoms with Gasteiger partial charge in [0.05, 0.1) is 17.8 Å². The lowest BCUT2D eigenvalue weighted by Crippen LogP contribution is -2.25. The van der Waals surface area contributed by atoms with Crippen molar-refractivity contribution in [3.63, 3.8) is 0 Å². The smallest absolute Gasteiger partial charge is 0.312 e. The summed E-state index contributed by atoms with van der Waals surface area (Å²) in [5.74, 6) is -0.339. The number of hydrogen-bond donors (Lipinski definition) is 0. The van der Waals surface area contributed by atoms with E-state index in [0.29, 0.717) is 21.5 Å². The van der Waals surface area contributed by atoms with Gasteiger partial charge in [0.1, 0.15) is 16.4 Å². The van der Waals surface area contributed by atoms with Crippen molar-refractivity contribution in [2.24, 2.45) is 0 Å². The molecule has 8 heteroatoms. The van der Waals surface area contributed by atoms with E-state index in [2.05, 4.69) is 10.1 Å². The minimum absolute atomic E-state index is 0.0618. The van der Waals surface area contributed by atoms with Crippen LogP contribution in [-0.4, -0.2) is 31.2 Å². The quantitative estimate of drug-likeness (QED) is 0.372. The maximum absolute atomic E-state index is 12.3. The van der Waals surface area contributed by atoms with Crippen molar-refractivity contribution >= 4 is 34.8 Å². The van der Waals surface area contributed by atoms with E-state index in [0.717, 1.165) is 22.5 Å². The number of halogens is 2. The van der Waals surface area contributed by atoms with Crippen LogP contribution in [-0.2, 0) is 16.0 Å². The van der Waals surface area contributed by atoms with Crippen LogP contribution < -0.4 is 0 Å². The van der Waals surface area contributed by atoms with Crippen molar-refractivity contribution in [3.8, 4) is 22.5 Å². The summed E-state index contributed by atoms with van der Waals surface area (Å²) >= 11 is 12.2. The largest absolute Gasteiger partial charge is 0.460 e. The van der Waals surface area contributed by atoms with E-state index in [9.17, 15) is 4.79 Å². The third-order valence-electron chi connectivity index (χ3n) is 4.40. The molecule has 0 saturated heterocycles. The van der Waals surface area contributed by atoms with Crippen LogP contribution in [0.4, 0.5) is 0 Å². The first-order chi connectivity index (χ1) is 14.7. The van der Waals surface area contributed by atoms with Gasteiger partial charge in [-0.2, -0.15) is 5.10 Å².